The Morgan fingerprint density at radius 1 is 1.24 bits per heavy atom. The lowest BCUT2D eigenvalue weighted by atomic mass is 10.2. The molecule has 0 spiro atoms. The van der Waals surface area contributed by atoms with Crippen LogP contribution in [0.5, 0.6) is 0 Å². The molecule has 1 aromatic carbocycles. The Bertz CT molecular complexity index is 982. The van der Waals surface area contributed by atoms with E-state index >= 15 is 0 Å². The minimum atomic E-state index is -3.76. The van der Waals surface area contributed by atoms with Gasteiger partial charge in [0.1, 0.15) is 5.84 Å². The van der Waals surface area contributed by atoms with Crippen molar-refractivity contribution >= 4 is 37.5 Å². The molecular formula is C15H19N3O5S2. The van der Waals surface area contributed by atoms with Crippen LogP contribution < -0.4 is 4.31 Å². The van der Waals surface area contributed by atoms with E-state index in [0.717, 1.165) is 4.31 Å². The smallest absolute Gasteiger partial charge is 0.265 e. The molecule has 1 fully saturated rings. The van der Waals surface area contributed by atoms with Crippen LogP contribution in [0, 0.1) is 12.8 Å². The van der Waals surface area contributed by atoms with Crippen LogP contribution in [0.4, 0.5) is 5.69 Å². The van der Waals surface area contributed by atoms with Gasteiger partial charge in [-0.05, 0) is 37.6 Å². The van der Waals surface area contributed by atoms with Crippen molar-refractivity contribution in [1.82, 2.24) is 4.31 Å². The van der Waals surface area contributed by atoms with Gasteiger partial charge in [0.2, 0.25) is 15.9 Å². The molecule has 0 radical (unpaired) electrons. The predicted molar refractivity (Wildman–Crippen MR) is 93.5 cm³/mol. The highest BCUT2D eigenvalue weighted by molar-refractivity contribution is 7.94. The molecule has 0 bridgehead atoms. The second kappa shape index (κ2) is 5.80. The number of benzene rings is 1. The van der Waals surface area contributed by atoms with Gasteiger partial charge in [0.05, 0.1) is 35.3 Å². The highest BCUT2D eigenvalue weighted by Crippen LogP contribution is 2.31. The summed E-state index contributed by atoms with van der Waals surface area (Å²) in [6.07, 6.45) is 0. The quantitative estimate of drug-likeness (QED) is 0.763. The fourth-order valence-corrected chi connectivity index (χ4v) is 6.58. The Morgan fingerprint density at radius 2 is 1.92 bits per heavy atom. The number of anilines is 1. The molecule has 2 heterocycles. The summed E-state index contributed by atoms with van der Waals surface area (Å²) in [4.78, 5) is 16.3. The lowest BCUT2D eigenvalue weighted by Crippen LogP contribution is -2.33. The zero-order chi connectivity index (χ0) is 18.6. The fraction of sp³-hybridized carbons (Fsp3) is 0.467. The van der Waals surface area contributed by atoms with Crippen molar-refractivity contribution in [3.8, 4) is 0 Å². The molecule has 0 N–H and O–H groups in total. The summed E-state index contributed by atoms with van der Waals surface area (Å²) >= 11 is 0. The molecular weight excluding hydrogens is 366 g/mol. The standard InChI is InChI=1S/C15H19N3O5S2/c1-10-8-13(18-15(19)11(2)9-24(18,20)21)4-5-14(10)25(22,23)17-7-6-16-12(17)3/h4-5,8,11H,6-7,9H2,1-3H3. The number of carbonyl (C=O) groups excluding carboxylic acids is 1. The third-order valence-electron chi connectivity index (χ3n) is 4.33. The first-order chi connectivity index (χ1) is 11.6. The molecule has 0 saturated carbocycles. The molecule has 10 heteroatoms. The van der Waals surface area contributed by atoms with Gasteiger partial charge in [-0.25, -0.2) is 21.1 Å². The molecule has 1 amide bonds. The SMILES string of the molecule is CC1=NCCN1S(=O)(=O)c1ccc(N2C(=O)C(C)CS2(=O)=O)cc1C. The third-order valence-corrected chi connectivity index (χ3v) is 8.24. The van der Waals surface area contributed by atoms with Crippen molar-refractivity contribution in [3.05, 3.63) is 23.8 Å². The summed E-state index contributed by atoms with van der Waals surface area (Å²) in [6, 6.07) is 4.12. The van der Waals surface area contributed by atoms with Crippen LogP contribution in [0.1, 0.15) is 19.4 Å². The maximum absolute atomic E-state index is 12.8. The zero-order valence-electron chi connectivity index (χ0n) is 14.1. The van der Waals surface area contributed by atoms with Gasteiger partial charge in [-0.3, -0.25) is 14.1 Å². The van der Waals surface area contributed by atoms with E-state index in [1.54, 1.807) is 20.8 Å². The fourth-order valence-electron chi connectivity index (χ4n) is 3.09. The van der Waals surface area contributed by atoms with E-state index in [1.165, 1.54) is 22.5 Å². The highest BCUT2D eigenvalue weighted by atomic mass is 32.2. The molecule has 25 heavy (non-hydrogen) atoms. The van der Waals surface area contributed by atoms with Crippen LogP contribution in [-0.2, 0) is 24.8 Å². The van der Waals surface area contributed by atoms with Gasteiger partial charge in [-0.2, -0.15) is 0 Å². The first kappa shape index (κ1) is 17.9. The third kappa shape index (κ3) is 2.82. The van der Waals surface area contributed by atoms with Gasteiger partial charge >= 0.3 is 0 Å². The van der Waals surface area contributed by atoms with Crippen molar-refractivity contribution in [2.45, 2.75) is 25.7 Å². The van der Waals surface area contributed by atoms with Crippen LogP contribution in [0.3, 0.4) is 0 Å². The van der Waals surface area contributed by atoms with Crippen LogP contribution >= 0.6 is 0 Å². The Kier molecular flexibility index (Phi) is 4.15. The first-order valence-corrected chi connectivity index (χ1v) is 10.8. The zero-order valence-corrected chi connectivity index (χ0v) is 15.8. The molecule has 3 rings (SSSR count). The molecule has 1 saturated heterocycles. The van der Waals surface area contributed by atoms with Gasteiger partial charge in [-0.15, -0.1) is 0 Å². The number of aliphatic imine (C=N–C) groups is 1. The number of carbonyl (C=O) groups is 1. The molecule has 8 nitrogen and oxygen atoms in total. The largest absolute Gasteiger partial charge is 0.273 e. The second-order valence-electron chi connectivity index (χ2n) is 6.24. The number of amidine groups is 1. The van der Waals surface area contributed by atoms with Gasteiger partial charge in [0.15, 0.2) is 0 Å². The van der Waals surface area contributed by atoms with Gasteiger partial charge in [-0.1, -0.05) is 6.92 Å². The summed E-state index contributed by atoms with van der Waals surface area (Å²) < 4.78 is 52.0. The maximum atomic E-state index is 12.8. The molecule has 2 aliphatic heterocycles. The minimum absolute atomic E-state index is 0.0739. The summed E-state index contributed by atoms with van der Waals surface area (Å²) in [5.41, 5.74) is 0.539. The number of hydrogen-bond acceptors (Lipinski definition) is 6. The average molecular weight is 385 g/mol. The van der Waals surface area contributed by atoms with Gasteiger partial charge < -0.3 is 0 Å². The van der Waals surface area contributed by atoms with Crippen molar-refractivity contribution in [2.75, 3.05) is 23.1 Å². The second-order valence-corrected chi connectivity index (χ2v) is 9.93. The summed E-state index contributed by atoms with van der Waals surface area (Å²) in [7, 11) is -7.49. The molecule has 0 aliphatic carbocycles. The maximum Gasteiger partial charge on any atom is 0.265 e. The number of rotatable bonds is 3. The number of sulfonamides is 2. The summed E-state index contributed by atoms with van der Waals surface area (Å²) in [6.45, 7) is 5.47. The normalized spacial score (nSPS) is 23.2. The Morgan fingerprint density at radius 3 is 2.40 bits per heavy atom. The Hall–Kier alpha value is -1.94. The van der Waals surface area contributed by atoms with Crippen LogP contribution in [-0.4, -0.2) is 51.7 Å². The molecule has 1 unspecified atom stereocenters. The monoisotopic (exact) mass is 385 g/mol. The summed E-state index contributed by atoms with van der Waals surface area (Å²) in [5.74, 6) is -0.932. The lowest BCUT2D eigenvalue weighted by molar-refractivity contribution is -0.119. The predicted octanol–water partition coefficient (Wildman–Crippen LogP) is 0.730. The molecule has 1 aromatic rings. The number of aryl methyl sites for hydroxylation is 1. The minimum Gasteiger partial charge on any atom is -0.273 e. The molecule has 1 atom stereocenters. The van der Waals surface area contributed by atoms with Crippen molar-refractivity contribution < 1.29 is 21.6 Å². The van der Waals surface area contributed by atoms with E-state index < -0.39 is 31.9 Å². The van der Waals surface area contributed by atoms with Crippen molar-refractivity contribution in [1.29, 1.82) is 0 Å². The molecule has 0 aromatic heterocycles. The van der Waals surface area contributed by atoms with Crippen LogP contribution in [0.15, 0.2) is 28.1 Å². The Labute approximate surface area is 147 Å². The number of amides is 1. The van der Waals surface area contributed by atoms with Crippen LogP contribution in [0.25, 0.3) is 0 Å². The van der Waals surface area contributed by atoms with E-state index in [4.69, 9.17) is 0 Å². The topological polar surface area (TPSA) is 104 Å². The van der Waals surface area contributed by atoms with E-state index in [9.17, 15) is 21.6 Å². The molecule has 136 valence electrons. The average Bonchev–Trinajstić information content (AvgIpc) is 3.00. The van der Waals surface area contributed by atoms with Crippen LogP contribution in [0.2, 0.25) is 0 Å². The number of hydrogen-bond donors (Lipinski definition) is 0. The van der Waals surface area contributed by atoms with E-state index in [1.807, 2.05) is 0 Å². The van der Waals surface area contributed by atoms with Crippen molar-refractivity contribution in [3.63, 3.8) is 0 Å². The number of nitrogens with zero attached hydrogens (tertiary/aromatic N) is 3. The van der Waals surface area contributed by atoms with E-state index in [-0.39, 0.29) is 22.9 Å². The van der Waals surface area contributed by atoms with Gasteiger partial charge in [0, 0.05) is 0 Å². The van der Waals surface area contributed by atoms with E-state index in [2.05, 4.69) is 4.99 Å². The first-order valence-electron chi connectivity index (χ1n) is 7.77. The molecule has 2 aliphatic rings. The van der Waals surface area contributed by atoms with E-state index in [0.29, 0.717) is 17.9 Å². The van der Waals surface area contributed by atoms with Crippen molar-refractivity contribution in [2.24, 2.45) is 10.9 Å². The summed E-state index contributed by atoms with van der Waals surface area (Å²) in [5, 5.41) is 0. The van der Waals surface area contributed by atoms with Gasteiger partial charge in [0.25, 0.3) is 10.0 Å². The Balaban J connectivity index is 2.03. The highest BCUT2D eigenvalue weighted by Gasteiger charge is 2.42. The lowest BCUT2D eigenvalue weighted by Gasteiger charge is -2.21.